The average molecular weight is 381 g/mol. The van der Waals surface area contributed by atoms with Gasteiger partial charge < -0.3 is 15.4 Å². The van der Waals surface area contributed by atoms with Crippen molar-refractivity contribution in [2.24, 2.45) is 0 Å². The number of carbonyl (C=O) groups excluding carboxylic acids is 1. The molecule has 3 aromatic rings. The molecule has 0 saturated heterocycles. The monoisotopic (exact) mass is 381 g/mol. The number of hydrogen-bond acceptors (Lipinski definition) is 5. The van der Waals surface area contributed by atoms with Crippen molar-refractivity contribution in [1.29, 1.82) is 0 Å². The van der Waals surface area contributed by atoms with Crippen molar-refractivity contribution in [3.8, 4) is 17.0 Å². The number of aromatic hydroxyl groups is 1. The molecule has 1 heterocycles. The van der Waals surface area contributed by atoms with Crippen molar-refractivity contribution in [2.75, 3.05) is 5.32 Å². The normalized spacial score (nSPS) is 11.7. The van der Waals surface area contributed by atoms with Gasteiger partial charge in [0.1, 0.15) is 5.75 Å². The number of benzene rings is 2. The Morgan fingerprint density at radius 3 is 2.56 bits per heavy atom. The first-order valence-electron chi connectivity index (χ1n) is 8.48. The van der Waals surface area contributed by atoms with Gasteiger partial charge in [0.05, 0.1) is 10.9 Å². The number of carbonyl (C=O) groups is 1. The molecular formula is C20H19N3O3S. The minimum Gasteiger partial charge on any atom is -0.508 e. The molecule has 0 aliphatic carbocycles. The summed E-state index contributed by atoms with van der Waals surface area (Å²) in [6, 6.07) is 17.1. The molecule has 1 amide bonds. The maximum atomic E-state index is 12.6. The highest BCUT2D eigenvalue weighted by molar-refractivity contribution is 8.00. The van der Waals surface area contributed by atoms with Gasteiger partial charge in [0.25, 0.3) is 5.56 Å². The van der Waals surface area contributed by atoms with Gasteiger partial charge in [-0.05, 0) is 30.7 Å². The summed E-state index contributed by atoms with van der Waals surface area (Å²) in [4.78, 5) is 31.8. The van der Waals surface area contributed by atoms with Crippen LogP contribution in [0.4, 0.5) is 5.69 Å². The van der Waals surface area contributed by atoms with Gasteiger partial charge in [-0.3, -0.25) is 9.59 Å². The lowest BCUT2D eigenvalue weighted by Crippen LogP contribution is -2.25. The molecule has 0 radical (unpaired) electrons. The summed E-state index contributed by atoms with van der Waals surface area (Å²) in [7, 11) is 0. The molecule has 1 atom stereocenters. The summed E-state index contributed by atoms with van der Waals surface area (Å²) in [6.07, 6.45) is 0.563. The summed E-state index contributed by atoms with van der Waals surface area (Å²) < 4.78 is 0. The van der Waals surface area contributed by atoms with Crippen LogP contribution >= 0.6 is 11.8 Å². The number of thioether (sulfide) groups is 1. The Morgan fingerprint density at radius 1 is 1.19 bits per heavy atom. The van der Waals surface area contributed by atoms with Crippen molar-refractivity contribution in [3.63, 3.8) is 0 Å². The number of aromatic amines is 1. The molecule has 1 unspecified atom stereocenters. The number of phenolic OH excluding ortho intramolecular Hbond substituents is 1. The van der Waals surface area contributed by atoms with E-state index >= 15 is 0 Å². The van der Waals surface area contributed by atoms with E-state index in [0.717, 1.165) is 5.56 Å². The maximum Gasteiger partial charge on any atom is 0.252 e. The Kier molecular flexibility index (Phi) is 5.93. The number of anilines is 1. The first kappa shape index (κ1) is 18.7. The average Bonchev–Trinajstić information content (AvgIpc) is 2.68. The first-order valence-corrected chi connectivity index (χ1v) is 9.36. The summed E-state index contributed by atoms with van der Waals surface area (Å²) in [5.41, 5.74) is 1.74. The Bertz CT molecular complexity index is 972. The quantitative estimate of drug-likeness (QED) is 0.344. The minimum absolute atomic E-state index is 0.133. The fourth-order valence-electron chi connectivity index (χ4n) is 2.47. The summed E-state index contributed by atoms with van der Waals surface area (Å²) in [6.45, 7) is 1.90. The molecule has 0 aliphatic heterocycles. The highest BCUT2D eigenvalue weighted by Gasteiger charge is 2.20. The van der Waals surface area contributed by atoms with Gasteiger partial charge in [0.2, 0.25) is 5.91 Å². The Morgan fingerprint density at radius 2 is 1.89 bits per heavy atom. The molecule has 2 aromatic carbocycles. The first-order chi connectivity index (χ1) is 13.0. The number of nitrogens with one attached hydrogen (secondary N) is 2. The molecule has 3 N–H and O–H groups in total. The summed E-state index contributed by atoms with van der Waals surface area (Å²) in [5, 5.41) is 12.1. The summed E-state index contributed by atoms with van der Waals surface area (Å²) >= 11 is 1.21. The van der Waals surface area contributed by atoms with E-state index in [0.29, 0.717) is 23.0 Å². The molecule has 1 aromatic heterocycles. The molecule has 0 spiro atoms. The Balaban J connectivity index is 1.77. The molecule has 0 saturated carbocycles. The molecule has 27 heavy (non-hydrogen) atoms. The van der Waals surface area contributed by atoms with Crippen LogP contribution in [-0.4, -0.2) is 26.2 Å². The zero-order valence-corrected chi connectivity index (χ0v) is 15.5. The number of amides is 1. The third kappa shape index (κ3) is 4.98. The van der Waals surface area contributed by atoms with Crippen LogP contribution in [0.15, 0.2) is 70.6 Å². The van der Waals surface area contributed by atoms with Crippen LogP contribution in [0, 0.1) is 0 Å². The molecule has 138 valence electrons. The topological polar surface area (TPSA) is 95.1 Å². The van der Waals surface area contributed by atoms with Gasteiger partial charge in [-0.15, -0.1) is 0 Å². The third-order valence-electron chi connectivity index (χ3n) is 3.84. The second-order valence-electron chi connectivity index (χ2n) is 5.85. The van der Waals surface area contributed by atoms with E-state index < -0.39 is 5.25 Å². The predicted octanol–water partition coefficient (Wildman–Crippen LogP) is 3.65. The van der Waals surface area contributed by atoms with Crippen LogP contribution in [0.5, 0.6) is 5.75 Å². The van der Waals surface area contributed by atoms with Crippen molar-refractivity contribution >= 4 is 23.4 Å². The van der Waals surface area contributed by atoms with E-state index in [-0.39, 0.29) is 17.2 Å². The van der Waals surface area contributed by atoms with Crippen molar-refractivity contribution < 1.29 is 9.90 Å². The van der Waals surface area contributed by atoms with E-state index in [9.17, 15) is 14.7 Å². The van der Waals surface area contributed by atoms with Gasteiger partial charge in [-0.2, -0.15) is 0 Å². The number of hydrogen-bond donors (Lipinski definition) is 3. The third-order valence-corrected chi connectivity index (χ3v) is 5.09. The second kappa shape index (κ2) is 8.55. The number of rotatable bonds is 6. The predicted molar refractivity (Wildman–Crippen MR) is 107 cm³/mol. The smallest absolute Gasteiger partial charge is 0.252 e. The highest BCUT2D eigenvalue weighted by atomic mass is 32.2. The second-order valence-corrected chi connectivity index (χ2v) is 7.04. The molecule has 0 bridgehead atoms. The van der Waals surface area contributed by atoms with Gasteiger partial charge >= 0.3 is 0 Å². The van der Waals surface area contributed by atoms with E-state index in [1.54, 1.807) is 12.1 Å². The number of phenols is 1. The lowest BCUT2D eigenvalue weighted by Gasteiger charge is -2.14. The highest BCUT2D eigenvalue weighted by Crippen LogP contribution is 2.25. The van der Waals surface area contributed by atoms with Crippen LogP contribution in [0.3, 0.4) is 0 Å². The lowest BCUT2D eigenvalue weighted by atomic mass is 10.1. The molecule has 6 nitrogen and oxygen atoms in total. The van der Waals surface area contributed by atoms with Gasteiger partial charge in [0, 0.05) is 17.3 Å². The number of aromatic nitrogens is 2. The molecule has 0 aliphatic rings. The van der Waals surface area contributed by atoms with Gasteiger partial charge in [0.15, 0.2) is 5.16 Å². The van der Waals surface area contributed by atoms with Crippen LogP contribution in [0.1, 0.15) is 13.3 Å². The molecular weight excluding hydrogens is 362 g/mol. The lowest BCUT2D eigenvalue weighted by molar-refractivity contribution is -0.115. The summed E-state index contributed by atoms with van der Waals surface area (Å²) in [5.74, 6) is -0.0603. The van der Waals surface area contributed by atoms with Crippen LogP contribution < -0.4 is 10.9 Å². The number of H-pyrrole nitrogens is 1. The van der Waals surface area contributed by atoms with Crippen molar-refractivity contribution in [2.45, 2.75) is 23.8 Å². The minimum atomic E-state index is -0.423. The van der Waals surface area contributed by atoms with Gasteiger partial charge in [-0.1, -0.05) is 49.0 Å². The maximum absolute atomic E-state index is 12.6. The van der Waals surface area contributed by atoms with Crippen LogP contribution in [0.2, 0.25) is 0 Å². The fraction of sp³-hybridized carbons (Fsp3) is 0.150. The van der Waals surface area contributed by atoms with Crippen molar-refractivity contribution in [1.82, 2.24) is 9.97 Å². The standard InChI is InChI=1S/C20H19N3O3S/c1-2-17(19(26)21-14-8-10-15(24)11-9-14)27-20-22-16(12-18(25)23-20)13-6-4-3-5-7-13/h3-12,17,24H,2H2,1H3,(H,21,26)(H,22,23,25). The zero-order chi connectivity index (χ0) is 19.2. The molecule has 0 fully saturated rings. The van der Waals surface area contributed by atoms with Gasteiger partial charge in [-0.25, -0.2) is 4.98 Å². The van der Waals surface area contributed by atoms with E-state index in [2.05, 4.69) is 15.3 Å². The Hall–Kier alpha value is -3.06. The van der Waals surface area contributed by atoms with E-state index in [1.807, 2.05) is 37.3 Å². The van der Waals surface area contributed by atoms with Crippen LogP contribution in [0.25, 0.3) is 11.3 Å². The number of nitrogens with zero attached hydrogens (tertiary/aromatic N) is 1. The zero-order valence-electron chi connectivity index (χ0n) is 14.7. The largest absolute Gasteiger partial charge is 0.508 e. The van der Waals surface area contributed by atoms with E-state index in [1.165, 1.54) is 30.0 Å². The molecule has 7 heteroatoms. The Labute approximate surface area is 160 Å². The molecule has 3 rings (SSSR count). The van der Waals surface area contributed by atoms with E-state index in [4.69, 9.17) is 0 Å². The fourth-order valence-corrected chi connectivity index (χ4v) is 3.39. The SMILES string of the molecule is CCC(Sc1nc(-c2ccccc2)cc(=O)[nH]1)C(=O)Nc1ccc(O)cc1. The van der Waals surface area contributed by atoms with Crippen molar-refractivity contribution in [3.05, 3.63) is 71.0 Å². The van der Waals surface area contributed by atoms with Crippen LogP contribution in [-0.2, 0) is 4.79 Å².